The molecule has 0 aliphatic carbocycles. The van der Waals surface area contributed by atoms with Crippen LogP contribution in [0.1, 0.15) is 51.9 Å². The van der Waals surface area contributed by atoms with Crippen molar-refractivity contribution in [3.63, 3.8) is 0 Å². The SMILES string of the molecule is CCCCCCCCN1SCCC1=O.OCCOc1ccccc1. The van der Waals surface area contributed by atoms with Crippen LogP contribution in [0, 0.1) is 0 Å². The van der Waals surface area contributed by atoms with Gasteiger partial charge in [-0.2, -0.15) is 0 Å². The maximum Gasteiger partial charge on any atom is 0.233 e. The van der Waals surface area contributed by atoms with Gasteiger partial charge in [-0.05, 0) is 30.5 Å². The van der Waals surface area contributed by atoms with Gasteiger partial charge in [-0.1, -0.05) is 57.2 Å². The molecule has 1 aliphatic rings. The minimum Gasteiger partial charge on any atom is -0.491 e. The average molecular weight is 354 g/mol. The van der Waals surface area contributed by atoms with E-state index in [-0.39, 0.29) is 6.61 Å². The standard InChI is InChI=1S/C11H21NOS.C8H10O2/c1-2-3-4-5-6-7-9-12-11(13)8-10-14-12;9-6-7-10-8-4-2-1-3-5-8/h2-10H2,1H3;1-5,9H,6-7H2. The van der Waals surface area contributed by atoms with Gasteiger partial charge in [0.2, 0.25) is 5.91 Å². The van der Waals surface area contributed by atoms with Crippen LogP contribution in [-0.2, 0) is 4.79 Å². The van der Waals surface area contributed by atoms with E-state index in [9.17, 15) is 4.79 Å². The number of ether oxygens (including phenoxy) is 1. The Kier molecular flexibility index (Phi) is 12.3. The Hall–Kier alpha value is -1.20. The van der Waals surface area contributed by atoms with Crippen LogP contribution in [0.25, 0.3) is 0 Å². The van der Waals surface area contributed by atoms with E-state index in [1.165, 1.54) is 38.5 Å². The highest BCUT2D eigenvalue weighted by molar-refractivity contribution is 7.97. The zero-order valence-corrected chi connectivity index (χ0v) is 15.6. The van der Waals surface area contributed by atoms with Gasteiger partial charge in [0.25, 0.3) is 0 Å². The van der Waals surface area contributed by atoms with Gasteiger partial charge in [0.15, 0.2) is 0 Å². The van der Waals surface area contributed by atoms with E-state index in [0.29, 0.717) is 12.5 Å². The van der Waals surface area contributed by atoms with Crippen molar-refractivity contribution in [1.29, 1.82) is 0 Å². The van der Waals surface area contributed by atoms with Crippen molar-refractivity contribution in [2.24, 2.45) is 0 Å². The molecule has 1 aliphatic heterocycles. The molecule has 0 spiro atoms. The summed E-state index contributed by atoms with van der Waals surface area (Å²) in [6.45, 7) is 3.63. The number of hydrogen-bond donors (Lipinski definition) is 1. The zero-order chi connectivity index (χ0) is 17.5. The summed E-state index contributed by atoms with van der Waals surface area (Å²) >= 11 is 1.70. The third-order valence-corrected chi connectivity index (χ3v) is 4.74. The monoisotopic (exact) mass is 353 g/mol. The van der Waals surface area contributed by atoms with E-state index >= 15 is 0 Å². The zero-order valence-electron chi connectivity index (χ0n) is 14.8. The van der Waals surface area contributed by atoms with Gasteiger partial charge in [0.05, 0.1) is 6.61 Å². The van der Waals surface area contributed by atoms with E-state index in [1.807, 2.05) is 34.6 Å². The third kappa shape index (κ3) is 9.83. The Bertz CT molecular complexity index is 428. The molecule has 1 amide bonds. The summed E-state index contributed by atoms with van der Waals surface area (Å²) in [6.07, 6.45) is 8.57. The molecule has 1 N–H and O–H groups in total. The molecular weight excluding hydrogens is 322 g/mol. The molecule has 1 saturated heterocycles. The Labute approximate surface area is 150 Å². The van der Waals surface area contributed by atoms with Gasteiger partial charge >= 0.3 is 0 Å². The van der Waals surface area contributed by atoms with Crippen molar-refractivity contribution < 1.29 is 14.6 Å². The first-order valence-corrected chi connectivity index (χ1v) is 9.94. The molecule has 5 heteroatoms. The van der Waals surface area contributed by atoms with Crippen LogP contribution in [0.3, 0.4) is 0 Å². The van der Waals surface area contributed by atoms with Crippen LogP contribution in [0.5, 0.6) is 5.75 Å². The number of aliphatic hydroxyl groups is 1. The molecule has 0 unspecified atom stereocenters. The fraction of sp³-hybridized carbons (Fsp3) is 0.632. The lowest BCUT2D eigenvalue weighted by molar-refractivity contribution is -0.124. The maximum atomic E-state index is 11.2. The van der Waals surface area contributed by atoms with Gasteiger partial charge in [-0.3, -0.25) is 9.10 Å². The first-order valence-electron chi connectivity index (χ1n) is 9.00. The molecule has 24 heavy (non-hydrogen) atoms. The van der Waals surface area contributed by atoms with Crippen LogP contribution in [0.4, 0.5) is 0 Å². The highest BCUT2D eigenvalue weighted by Crippen LogP contribution is 2.22. The first kappa shape index (κ1) is 20.8. The number of benzene rings is 1. The van der Waals surface area contributed by atoms with E-state index in [1.54, 1.807) is 11.9 Å². The molecule has 0 bridgehead atoms. The number of aliphatic hydroxyl groups excluding tert-OH is 1. The predicted molar refractivity (Wildman–Crippen MR) is 101 cm³/mol. The van der Waals surface area contributed by atoms with Crippen LogP contribution in [0.2, 0.25) is 0 Å². The van der Waals surface area contributed by atoms with Crippen LogP contribution >= 0.6 is 11.9 Å². The molecule has 136 valence electrons. The molecule has 0 radical (unpaired) electrons. The fourth-order valence-corrected chi connectivity index (χ4v) is 3.32. The maximum absolute atomic E-state index is 11.2. The van der Waals surface area contributed by atoms with Crippen LogP contribution in [-0.4, -0.2) is 40.8 Å². The molecule has 1 heterocycles. The molecule has 0 saturated carbocycles. The summed E-state index contributed by atoms with van der Waals surface area (Å²) in [6, 6.07) is 9.43. The normalized spacial score (nSPS) is 13.6. The second-order valence-electron chi connectivity index (χ2n) is 5.73. The van der Waals surface area contributed by atoms with Crippen molar-refractivity contribution in [2.45, 2.75) is 51.9 Å². The Morgan fingerprint density at radius 2 is 1.83 bits per heavy atom. The predicted octanol–water partition coefficient (Wildman–Crippen LogP) is 4.29. The molecule has 1 aromatic carbocycles. The summed E-state index contributed by atoms with van der Waals surface area (Å²) in [5, 5.41) is 8.40. The Balaban J connectivity index is 0.000000254. The molecule has 0 atom stereocenters. The van der Waals surface area contributed by atoms with E-state index in [2.05, 4.69) is 6.92 Å². The molecule has 2 rings (SSSR count). The van der Waals surface area contributed by atoms with Gasteiger partial charge in [-0.15, -0.1) is 0 Å². The quantitative estimate of drug-likeness (QED) is 0.504. The number of rotatable bonds is 10. The summed E-state index contributed by atoms with van der Waals surface area (Å²) in [5.41, 5.74) is 0. The van der Waals surface area contributed by atoms with Crippen molar-refractivity contribution in [2.75, 3.05) is 25.5 Å². The number of amides is 1. The summed E-state index contributed by atoms with van der Waals surface area (Å²) < 4.78 is 7.05. The summed E-state index contributed by atoms with van der Waals surface area (Å²) in [7, 11) is 0. The Morgan fingerprint density at radius 1 is 1.12 bits per heavy atom. The third-order valence-electron chi connectivity index (χ3n) is 3.66. The van der Waals surface area contributed by atoms with Crippen molar-refractivity contribution in [3.8, 4) is 5.75 Å². The highest BCUT2D eigenvalue weighted by atomic mass is 32.2. The molecule has 0 aromatic heterocycles. The minimum absolute atomic E-state index is 0.0644. The van der Waals surface area contributed by atoms with Gasteiger partial charge in [0.1, 0.15) is 12.4 Å². The molecular formula is C19H31NO3S. The number of para-hydroxylation sites is 1. The lowest BCUT2D eigenvalue weighted by Gasteiger charge is -2.12. The van der Waals surface area contributed by atoms with Gasteiger partial charge < -0.3 is 9.84 Å². The van der Waals surface area contributed by atoms with Gasteiger partial charge in [0, 0.05) is 18.7 Å². The number of unbranched alkanes of at least 4 members (excludes halogenated alkanes) is 5. The molecule has 4 nitrogen and oxygen atoms in total. The number of nitrogens with zero attached hydrogens (tertiary/aromatic N) is 1. The molecule has 1 fully saturated rings. The Morgan fingerprint density at radius 3 is 2.46 bits per heavy atom. The fourth-order valence-electron chi connectivity index (χ4n) is 2.35. The van der Waals surface area contributed by atoms with Crippen LogP contribution in [0.15, 0.2) is 30.3 Å². The van der Waals surface area contributed by atoms with Crippen molar-refractivity contribution in [3.05, 3.63) is 30.3 Å². The van der Waals surface area contributed by atoms with Crippen molar-refractivity contribution in [1.82, 2.24) is 4.31 Å². The lowest BCUT2D eigenvalue weighted by Crippen LogP contribution is -2.19. The topological polar surface area (TPSA) is 49.8 Å². The number of carbonyl (C=O) groups is 1. The van der Waals surface area contributed by atoms with Gasteiger partial charge in [-0.25, -0.2) is 0 Å². The lowest BCUT2D eigenvalue weighted by atomic mass is 10.1. The number of carbonyl (C=O) groups excluding carboxylic acids is 1. The van der Waals surface area contributed by atoms with E-state index in [0.717, 1.165) is 24.5 Å². The smallest absolute Gasteiger partial charge is 0.233 e. The first-order chi connectivity index (χ1) is 11.8. The largest absolute Gasteiger partial charge is 0.491 e. The average Bonchev–Trinajstić information content (AvgIpc) is 3.03. The summed E-state index contributed by atoms with van der Waals surface area (Å²) in [5.74, 6) is 2.13. The van der Waals surface area contributed by atoms with E-state index < -0.39 is 0 Å². The summed E-state index contributed by atoms with van der Waals surface area (Å²) in [4.78, 5) is 11.2. The highest BCUT2D eigenvalue weighted by Gasteiger charge is 2.19. The molecule has 1 aromatic rings. The van der Waals surface area contributed by atoms with E-state index in [4.69, 9.17) is 9.84 Å². The second-order valence-corrected chi connectivity index (χ2v) is 6.84. The number of hydrogen-bond acceptors (Lipinski definition) is 4. The second kappa shape index (κ2) is 14.2. The minimum atomic E-state index is 0.0644. The van der Waals surface area contributed by atoms with Crippen molar-refractivity contribution >= 4 is 17.9 Å². The van der Waals surface area contributed by atoms with Crippen LogP contribution < -0.4 is 4.74 Å².